The fourth-order valence-corrected chi connectivity index (χ4v) is 11.5. The maximum Gasteiger partial charge on any atom is 0.165 e. The molecule has 6 aromatic carbocycles. The third kappa shape index (κ3) is 4.49. The predicted octanol–water partition coefficient (Wildman–Crippen LogP) is 12.0. The van der Waals surface area contributed by atoms with Crippen LogP contribution in [0.25, 0.3) is 78.0 Å². The van der Waals surface area contributed by atoms with Gasteiger partial charge in [0, 0.05) is 40.1 Å². The largest absolute Gasteiger partial charge is 0.263 e. The van der Waals surface area contributed by atoms with Crippen LogP contribution in [0.4, 0.5) is 0 Å². The Morgan fingerprint density at radius 1 is 0.389 bits per heavy atom. The highest BCUT2D eigenvalue weighted by Crippen LogP contribution is 2.69. The highest BCUT2D eigenvalue weighted by Gasteiger charge is 2.61. The van der Waals surface area contributed by atoms with Crippen molar-refractivity contribution in [3.05, 3.63) is 157 Å². The van der Waals surface area contributed by atoms with Crippen LogP contribution in [0.1, 0.15) is 43.2 Å². The van der Waals surface area contributed by atoms with Crippen molar-refractivity contribution in [3.8, 4) is 56.4 Å². The zero-order chi connectivity index (χ0) is 35.4. The van der Waals surface area contributed by atoms with Crippen LogP contribution in [-0.2, 0) is 5.41 Å². The van der Waals surface area contributed by atoms with Gasteiger partial charge in [0.2, 0.25) is 0 Å². The molecular formula is C50H38N4. The molecule has 5 aliphatic carbocycles. The highest BCUT2D eigenvalue weighted by atomic mass is 15.0. The van der Waals surface area contributed by atoms with Crippen LogP contribution < -0.4 is 0 Å². The van der Waals surface area contributed by atoms with Crippen molar-refractivity contribution in [2.24, 2.45) is 23.7 Å². The summed E-state index contributed by atoms with van der Waals surface area (Å²) < 4.78 is 0. The van der Waals surface area contributed by atoms with E-state index in [0.717, 1.165) is 51.5 Å². The van der Waals surface area contributed by atoms with Crippen molar-refractivity contribution >= 4 is 21.5 Å². The molecule has 4 nitrogen and oxygen atoms in total. The van der Waals surface area contributed by atoms with Crippen molar-refractivity contribution in [2.45, 2.75) is 37.5 Å². The van der Waals surface area contributed by atoms with Gasteiger partial charge in [-0.3, -0.25) is 4.98 Å². The van der Waals surface area contributed by atoms with E-state index in [9.17, 15) is 0 Å². The predicted molar refractivity (Wildman–Crippen MR) is 218 cm³/mol. The molecule has 2 aromatic heterocycles. The standard InChI is InChI=1S/C50H38N4/c1-3-9-32(10-4-1)47-52-48(33-11-5-2-6-12-33)54-49(53-47)40-23-39(28-51-29-40)36-15-16-37-25-44-43-24-34-13-7-8-14-35(34)26-45(43)50(46(44)27-38(37)22-36)41-18-30-17-31(20-41)21-42(50)19-30/h1-16,22-31,41-42H,17-21H2. The average molecular weight is 695 g/mol. The van der Waals surface area contributed by atoms with Crippen molar-refractivity contribution in [1.29, 1.82) is 0 Å². The van der Waals surface area contributed by atoms with Gasteiger partial charge in [0.25, 0.3) is 0 Å². The molecule has 54 heavy (non-hydrogen) atoms. The van der Waals surface area contributed by atoms with E-state index < -0.39 is 0 Å². The van der Waals surface area contributed by atoms with Crippen LogP contribution in [0, 0.1) is 23.7 Å². The van der Waals surface area contributed by atoms with Gasteiger partial charge in [0.15, 0.2) is 17.5 Å². The van der Waals surface area contributed by atoms with E-state index >= 15 is 0 Å². The van der Waals surface area contributed by atoms with Gasteiger partial charge in [0.1, 0.15) is 0 Å². The first-order chi connectivity index (χ1) is 26.7. The van der Waals surface area contributed by atoms with E-state index in [0.29, 0.717) is 17.5 Å². The van der Waals surface area contributed by atoms with Gasteiger partial charge in [-0.15, -0.1) is 0 Å². The summed E-state index contributed by atoms with van der Waals surface area (Å²) in [5.74, 6) is 5.18. The minimum atomic E-state index is 0.111. The summed E-state index contributed by atoms with van der Waals surface area (Å²) in [6, 6.07) is 48.6. The summed E-state index contributed by atoms with van der Waals surface area (Å²) in [5, 5.41) is 5.32. The van der Waals surface area contributed by atoms with Gasteiger partial charge in [-0.05, 0) is 142 Å². The Morgan fingerprint density at radius 3 is 1.50 bits per heavy atom. The van der Waals surface area contributed by atoms with Crippen molar-refractivity contribution in [1.82, 2.24) is 19.9 Å². The minimum Gasteiger partial charge on any atom is -0.263 e. The maximum absolute atomic E-state index is 4.99. The molecule has 0 unspecified atom stereocenters. The van der Waals surface area contributed by atoms with Gasteiger partial charge >= 0.3 is 0 Å². The molecule has 5 aliphatic rings. The molecule has 4 fully saturated rings. The summed E-state index contributed by atoms with van der Waals surface area (Å²) in [4.78, 5) is 19.6. The molecule has 0 amide bonds. The van der Waals surface area contributed by atoms with E-state index in [-0.39, 0.29) is 5.41 Å². The number of pyridine rings is 1. The lowest BCUT2D eigenvalue weighted by atomic mass is 9.43. The molecule has 0 N–H and O–H groups in total. The lowest BCUT2D eigenvalue weighted by Gasteiger charge is -2.61. The molecular weight excluding hydrogens is 657 g/mol. The molecule has 0 aliphatic heterocycles. The lowest BCUT2D eigenvalue weighted by molar-refractivity contribution is -0.0398. The van der Waals surface area contributed by atoms with E-state index in [1.165, 1.54) is 64.8 Å². The van der Waals surface area contributed by atoms with Gasteiger partial charge in [-0.1, -0.05) is 97.1 Å². The molecule has 0 atom stereocenters. The highest BCUT2D eigenvalue weighted by molar-refractivity contribution is 5.99. The Morgan fingerprint density at radius 2 is 0.889 bits per heavy atom. The van der Waals surface area contributed by atoms with Crippen LogP contribution in [0.2, 0.25) is 0 Å². The first-order valence-corrected chi connectivity index (χ1v) is 19.6. The Kier molecular flexibility index (Phi) is 6.49. The smallest absolute Gasteiger partial charge is 0.165 e. The quantitative estimate of drug-likeness (QED) is 0.184. The summed E-state index contributed by atoms with van der Waals surface area (Å²) >= 11 is 0. The fraction of sp³-hybridized carbons (Fsp3) is 0.200. The third-order valence-electron chi connectivity index (χ3n) is 13.5. The second kappa shape index (κ2) is 11.5. The number of hydrogen-bond donors (Lipinski definition) is 0. The van der Waals surface area contributed by atoms with E-state index in [4.69, 9.17) is 19.9 Å². The Labute approximate surface area is 315 Å². The first kappa shape index (κ1) is 30.5. The first-order valence-electron chi connectivity index (χ1n) is 19.6. The molecule has 0 saturated heterocycles. The summed E-state index contributed by atoms with van der Waals surface area (Å²) in [6.45, 7) is 0. The number of fused-ring (bicyclic) bond motifs is 5. The zero-order valence-electron chi connectivity index (χ0n) is 30.0. The summed E-state index contributed by atoms with van der Waals surface area (Å²) in [6.07, 6.45) is 10.8. The SMILES string of the molecule is c1ccc(-c2nc(-c3ccccc3)nc(-c3cncc(-c4ccc5cc6c(cc5c4)C4(c5cc7ccccc7cc5-6)C5CC6CC(C5)CC4C6)c3)n2)cc1. The molecule has 4 saturated carbocycles. The number of benzene rings is 6. The Balaban J connectivity index is 0.995. The molecule has 13 rings (SSSR count). The second-order valence-corrected chi connectivity index (χ2v) is 16.4. The molecule has 2 heterocycles. The van der Waals surface area contributed by atoms with Crippen LogP contribution >= 0.6 is 0 Å². The second-order valence-electron chi connectivity index (χ2n) is 16.4. The van der Waals surface area contributed by atoms with Gasteiger partial charge in [-0.2, -0.15) is 0 Å². The molecule has 4 heteroatoms. The summed E-state index contributed by atoms with van der Waals surface area (Å²) in [5.41, 5.74) is 11.2. The molecule has 8 aromatic rings. The number of hydrogen-bond acceptors (Lipinski definition) is 4. The Hall–Kier alpha value is -6.00. The molecule has 1 spiro atoms. The normalized spacial score (nSPS) is 23.3. The summed E-state index contributed by atoms with van der Waals surface area (Å²) in [7, 11) is 0. The van der Waals surface area contributed by atoms with E-state index in [1.54, 1.807) is 11.1 Å². The maximum atomic E-state index is 4.99. The monoisotopic (exact) mass is 694 g/mol. The van der Waals surface area contributed by atoms with Crippen molar-refractivity contribution in [2.75, 3.05) is 0 Å². The molecule has 258 valence electrons. The number of rotatable bonds is 4. The van der Waals surface area contributed by atoms with Crippen molar-refractivity contribution in [3.63, 3.8) is 0 Å². The Bertz CT molecular complexity index is 2700. The van der Waals surface area contributed by atoms with Crippen LogP contribution in [0.15, 0.2) is 146 Å². The van der Waals surface area contributed by atoms with E-state index in [1.807, 2.05) is 73.1 Å². The number of nitrogens with zero attached hydrogens (tertiary/aromatic N) is 4. The zero-order valence-corrected chi connectivity index (χ0v) is 30.0. The lowest BCUT2D eigenvalue weighted by Crippen LogP contribution is -2.55. The average Bonchev–Trinajstić information content (AvgIpc) is 3.49. The van der Waals surface area contributed by atoms with Crippen LogP contribution in [0.5, 0.6) is 0 Å². The van der Waals surface area contributed by atoms with Gasteiger partial charge in [-0.25, -0.2) is 15.0 Å². The third-order valence-corrected chi connectivity index (χ3v) is 13.5. The van der Waals surface area contributed by atoms with Gasteiger partial charge in [0.05, 0.1) is 0 Å². The van der Waals surface area contributed by atoms with Gasteiger partial charge < -0.3 is 0 Å². The fourth-order valence-electron chi connectivity index (χ4n) is 11.5. The van der Waals surface area contributed by atoms with Crippen LogP contribution in [0.3, 0.4) is 0 Å². The minimum absolute atomic E-state index is 0.111. The van der Waals surface area contributed by atoms with E-state index in [2.05, 4.69) is 72.8 Å². The number of aromatic nitrogens is 4. The molecule has 4 bridgehead atoms. The topological polar surface area (TPSA) is 51.6 Å². The molecule has 0 radical (unpaired) electrons. The van der Waals surface area contributed by atoms with Crippen molar-refractivity contribution < 1.29 is 0 Å². The van der Waals surface area contributed by atoms with Crippen LogP contribution in [-0.4, -0.2) is 19.9 Å².